The van der Waals surface area contributed by atoms with Gasteiger partial charge in [-0.15, -0.1) is 11.3 Å². The highest BCUT2D eigenvalue weighted by Crippen LogP contribution is 2.36. The molecule has 218 valence electrons. The minimum Gasteiger partial charge on any atom is -0.496 e. The quantitative estimate of drug-likeness (QED) is 0.341. The predicted molar refractivity (Wildman–Crippen MR) is 156 cm³/mol. The Labute approximate surface area is 240 Å². The Morgan fingerprint density at radius 1 is 1.18 bits per heavy atom. The van der Waals surface area contributed by atoms with Gasteiger partial charge in [-0.2, -0.15) is 5.10 Å². The van der Waals surface area contributed by atoms with E-state index < -0.39 is 27.4 Å². The maximum Gasteiger partial charge on any atom is 0.261 e. The van der Waals surface area contributed by atoms with Crippen molar-refractivity contribution in [3.63, 3.8) is 0 Å². The molecular weight excluding hydrogens is 552 g/mol. The number of sulfonamides is 1. The molecule has 1 aromatic carbocycles. The lowest BCUT2D eigenvalue weighted by atomic mass is 9.85. The van der Waals surface area contributed by atoms with E-state index in [-0.39, 0.29) is 29.1 Å². The average Bonchev–Trinajstić information content (AvgIpc) is 3.56. The normalized spacial score (nSPS) is 13.6. The Bertz CT molecular complexity index is 1400. The number of hydrogen-bond donors (Lipinski definition) is 1. The lowest BCUT2D eigenvalue weighted by molar-refractivity contribution is -0.125. The van der Waals surface area contributed by atoms with Crippen LogP contribution in [-0.4, -0.2) is 79.4 Å². The average molecular weight is 591 g/mol. The first kappa shape index (κ1) is 31.2. The molecule has 0 saturated carbocycles. The number of aromatic nitrogens is 3. The molecule has 2 heterocycles. The standard InChI is InChI=1S/C27H38N6O5S2/c1-26(2,3)21-11-10-20(18-22(21)38-6)23(34)33(25-28-14-17-39-25)27(12-8-15-31(4)5,19-32-16-9-13-29-32)24(35)30-40(7,36)37/h9-11,13-14,16-18H,8,12,15,19H2,1-7H3,(H,30,35). The second-order valence-electron chi connectivity index (χ2n) is 11.0. The van der Waals surface area contributed by atoms with Gasteiger partial charge in [0, 0.05) is 29.5 Å². The predicted octanol–water partition coefficient (Wildman–Crippen LogP) is 3.15. The molecule has 0 aliphatic rings. The highest BCUT2D eigenvalue weighted by molar-refractivity contribution is 7.89. The minimum absolute atomic E-state index is 0.0999. The first-order chi connectivity index (χ1) is 18.7. The molecule has 0 fully saturated rings. The van der Waals surface area contributed by atoms with Crippen LogP contribution in [-0.2, 0) is 26.8 Å². The molecule has 3 aromatic rings. The van der Waals surface area contributed by atoms with E-state index in [0.717, 1.165) is 11.8 Å². The molecule has 40 heavy (non-hydrogen) atoms. The number of thiazole rings is 1. The maximum atomic E-state index is 14.5. The van der Waals surface area contributed by atoms with Gasteiger partial charge in [-0.05, 0) is 62.7 Å². The number of hydrogen-bond acceptors (Lipinski definition) is 9. The summed E-state index contributed by atoms with van der Waals surface area (Å²) in [6.45, 7) is 6.63. The molecule has 2 aromatic heterocycles. The van der Waals surface area contributed by atoms with E-state index in [9.17, 15) is 18.0 Å². The Morgan fingerprint density at radius 2 is 1.90 bits per heavy atom. The maximum absolute atomic E-state index is 14.5. The monoisotopic (exact) mass is 590 g/mol. The zero-order chi connectivity index (χ0) is 29.7. The molecule has 2 amide bonds. The third kappa shape index (κ3) is 7.46. The van der Waals surface area contributed by atoms with Crippen LogP contribution in [0.25, 0.3) is 0 Å². The van der Waals surface area contributed by atoms with Crippen LogP contribution in [0.4, 0.5) is 5.13 Å². The number of benzene rings is 1. The highest BCUT2D eigenvalue weighted by Gasteiger charge is 2.50. The summed E-state index contributed by atoms with van der Waals surface area (Å²) in [5.74, 6) is -0.830. The zero-order valence-electron chi connectivity index (χ0n) is 24.0. The van der Waals surface area contributed by atoms with E-state index in [4.69, 9.17) is 4.74 Å². The number of carbonyl (C=O) groups excluding carboxylic acids is 2. The Morgan fingerprint density at radius 3 is 2.42 bits per heavy atom. The van der Waals surface area contributed by atoms with Crippen molar-refractivity contribution < 1.29 is 22.7 Å². The minimum atomic E-state index is -3.97. The Kier molecular flexibility index (Phi) is 9.75. The van der Waals surface area contributed by atoms with Crippen molar-refractivity contribution in [3.8, 4) is 5.75 Å². The van der Waals surface area contributed by atoms with Crippen LogP contribution in [0.15, 0.2) is 48.2 Å². The fourth-order valence-corrected chi connectivity index (χ4v) is 5.78. The van der Waals surface area contributed by atoms with Crippen molar-refractivity contribution in [1.29, 1.82) is 0 Å². The van der Waals surface area contributed by atoms with Crippen LogP contribution in [0.1, 0.15) is 49.5 Å². The van der Waals surface area contributed by atoms with Gasteiger partial charge in [0.25, 0.3) is 11.8 Å². The SMILES string of the molecule is COc1cc(C(=O)N(c2nccs2)C(CCCN(C)C)(Cn2cccn2)C(=O)NS(C)(=O)=O)ccc1C(C)(C)C. The molecule has 0 aliphatic carbocycles. The van der Waals surface area contributed by atoms with Crippen LogP contribution in [0.3, 0.4) is 0 Å². The third-order valence-corrected chi connectivity index (χ3v) is 7.69. The van der Waals surface area contributed by atoms with E-state index >= 15 is 0 Å². The third-order valence-electron chi connectivity index (χ3n) is 6.38. The molecule has 0 saturated heterocycles. The van der Waals surface area contributed by atoms with Crippen molar-refractivity contribution in [2.75, 3.05) is 38.9 Å². The van der Waals surface area contributed by atoms with Crippen molar-refractivity contribution in [3.05, 3.63) is 59.4 Å². The van der Waals surface area contributed by atoms with Crippen molar-refractivity contribution in [2.45, 2.75) is 51.1 Å². The van der Waals surface area contributed by atoms with Crippen LogP contribution in [0.2, 0.25) is 0 Å². The largest absolute Gasteiger partial charge is 0.496 e. The highest BCUT2D eigenvalue weighted by atomic mass is 32.2. The lowest BCUT2D eigenvalue weighted by Crippen LogP contribution is -2.64. The van der Waals surface area contributed by atoms with Gasteiger partial charge in [-0.3, -0.25) is 23.9 Å². The topological polar surface area (TPSA) is 127 Å². The summed E-state index contributed by atoms with van der Waals surface area (Å²) in [5.41, 5.74) is -0.760. The number of amides is 2. The van der Waals surface area contributed by atoms with Gasteiger partial charge >= 0.3 is 0 Å². The zero-order valence-corrected chi connectivity index (χ0v) is 25.7. The summed E-state index contributed by atoms with van der Waals surface area (Å²) in [7, 11) is 1.38. The van der Waals surface area contributed by atoms with Crippen LogP contribution in [0.5, 0.6) is 5.75 Å². The Hall–Kier alpha value is -3.29. The second kappa shape index (κ2) is 12.5. The molecule has 1 N–H and O–H groups in total. The van der Waals surface area contributed by atoms with Gasteiger partial charge in [0.2, 0.25) is 10.0 Å². The van der Waals surface area contributed by atoms with Gasteiger partial charge in [0.05, 0.1) is 19.9 Å². The second-order valence-corrected chi connectivity index (χ2v) is 13.6. The summed E-state index contributed by atoms with van der Waals surface area (Å²) in [5, 5.41) is 6.24. The van der Waals surface area contributed by atoms with Gasteiger partial charge < -0.3 is 9.64 Å². The number of methoxy groups -OCH3 is 1. The van der Waals surface area contributed by atoms with E-state index in [2.05, 4.69) is 14.8 Å². The van der Waals surface area contributed by atoms with Crippen LogP contribution in [0, 0.1) is 0 Å². The van der Waals surface area contributed by atoms with E-state index in [1.807, 2.05) is 45.8 Å². The summed E-state index contributed by atoms with van der Waals surface area (Å²) >= 11 is 1.18. The van der Waals surface area contributed by atoms with E-state index in [1.54, 1.807) is 43.1 Å². The first-order valence-electron chi connectivity index (χ1n) is 12.7. The molecule has 0 spiro atoms. The smallest absolute Gasteiger partial charge is 0.261 e. The van der Waals surface area contributed by atoms with Crippen LogP contribution >= 0.6 is 11.3 Å². The number of rotatable bonds is 12. The summed E-state index contributed by atoms with van der Waals surface area (Å²) in [6.07, 6.45) is 6.29. The summed E-state index contributed by atoms with van der Waals surface area (Å²) in [4.78, 5) is 36.2. The molecule has 11 nitrogen and oxygen atoms in total. The molecule has 13 heteroatoms. The number of ether oxygens (including phenoxy) is 1. The van der Waals surface area contributed by atoms with Crippen molar-refractivity contribution in [2.24, 2.45) is 0 Å². The molecule has 1 unspecified atom stereocenters. The van der Waals surface area contributed by atoms with Gasteiger partial charge in [0.1, 0.15) is 11.3 Å². The Balaban J connectivity index is 2.27. The van der Waals surface area contributed by atoms with Gasteiger partial charge in [-0.1, -0.05) is 26.8 Å². The summed E-state index contributed by atoms with van der Waals surface area (Å²) < 4.78 is 34.0. The van der Waals surface area contributed by atoms with Gasteiger partial charge in [0.15, 0.2) is 5.13 Å². The number of nitrogens with zero attached hydrogens (tertiary/aromatic N) is 5. The lowest BCUT2D eigenvalue weighted by Gasteiger charge is -2.41. The fourth-order valence-electron chi connectivity index (χ4n) is 4.53. The fraction of sp³-hybridized carbons (Fsp3) is 0.481. The molecule has 0 bridgehead atoms. The number of anilines is 1. The van der Waals surface area contributed by atoms with Crippen LogP contribution < -0.4 is 14.4 Å². The molecule has 0 radical (unpaired) electrons. The molecule has 0 aliphatic heterocycles. The van der Waals surface area contributed by atoms with E-state index in [1.165, 1.54) is 27.1 Å². The molecule has 1 atom stereocenters. The summed E-state index contributed by atoms with van der Waals surface area (Å²) in [6, 6.07) is 6.88. The van der Waals surface area contributed by atoms with Gasteiger partial charge in [-0.25, -0.2) is 13.4 Å². The number of carbonyl (C=O) groups is 2. The number of nitrogens with one attached hydrogen (secondary N) is 1. The van der Waals surface area contributed by atoms with Crippen molar-refractivity contribution >= 4 is 38.3 Å². The first-order valence-corrected chi connectivity index (χ1v) is 15.5. The van der Waals surface area contributed by atoms with E-state index in [0.29, 0.717) is 18.7 Å². The molecule has 3 rings (SSSR count). The molecular formula is C27H38N6O5S2. The van der Waals surface area contributed by atoms with Crippen molar-refractivity contribution in [1.82, 2.24) is 24.4 Å².